The highest BCUT2D eigenvalue weighted by molar-refractivity contribution is 5.39. The largest absolute Gasteiger partial charge is 0.325 e. The van der Waals surface area contributed by atoms with E-state index in [4.69, 9.17) is 5.73 Å². The topological polar surface area (TPSA) is 56.2 Å². The first kappa shape index (κ1) is 8.85. The molecule has 0 aromatic carbocycles. The van der Waals surface area contributed by atoms with Gasteiger partial charge in [0.15, 0.2) is 5.65 Å². The summed E-state index contributed by atoms with van der Waals surface area (Å²) in [5.74, 6) is 0.665. The smallest absolute Gasteiger partial charge is 0.153 e. The Labute approximate surface area is 88.1 Å². The van der Waals surface area contributed by atoms with Gasteiger partial charge in [-0.1, -0.05) is 6.42 Å². The van der Waals surface area contributed by atoms with Crippen LogP contribution in [0.3, 0.4) is 0 Å². The fourth-order valence-electron chi connectivity index (χ4n) is 1.97. The van der Waals surface area contributed by atoms with E-state index in [1.165, 1.54) is 25.0 Å². The lowest BCUT2D eigenvalue weighted by Crippen LogP contribution is -2.11. The number of nitrogens with zero attached hydrogens (tertiary/aromatic N) is 3. The van der Waals surface area contributed by atoms with E-state index in [1.807, 2.05) is 16.8 Å². The predicted molar refractivity (Wildman–Crippen MR) is 57.5 cm³/mol. The minimum absolute atomic E-state index is 0.474. The van der Waals surface area contributed by atoms with Crippen molar-refractivity contribution in [1.29, 1.82) is 0 Å². The number of aromatic nitrogens is 3. The Balaban J connectivity index is 2.04. The van der Waals surface area contributed by atoms with Gasteiger partial charge < -0.3 is 5.73 Å². The Kier molecular flexibility index (Phi) is 1.95. The number of nitrogens with two attached hydrogens (primary N) is 1. The normalized spacial score (nSPS) is 16.9. The third-order valence-electron chi connectivity index (χ3n) is 3.12. The van der Waals surface area contributed by atoms with Crippen molar-refractivity contribution in [3.05, 3.63) is 29.7 Å². The van der Waals surface area contributed by atoms with Crippen LogP contribution >= 0.6 is 0 Å². The molecule has 0 bridgehead atoms. The first-order chi connectivity index (χ1) is 7.36. The van der Waals surface area contributed by atoms with Crippen LogP contribution in [0.5, 0.6) is 0 Å². The molecule has 3 rings (SSSR count). The number of imidazole rings is 1. The second kappa shape index (κ2) is 3.31. The third-order valence-corrected chi connectivity index (χ3v) is 3.12. The van der Waals surface area contributed by atoms with E-state index in [0.717, 1.165) is 11.3 Å². The van der Waals surface area contributed by atoms with E-state index in [0.29, 0.717) is 12.5 Å². The van der Waals surface area contributed by atoms with Gasteiger partial charge in [-0.25, -0.2) is 9.50 Å². The summed E-state index contributed by atoms with van der Waals surface area (Å²) < 4.78 is 1.84. The Bertz CT molecular complexity index is 484. The van der Waals surface area contributed by atoms with Crippen LogP contribution in [0.1, 0.15) is 36.6 Å². The number of fused-ring (bicyclic) bond motifs is 1. The lowest BCUT2D eigenvalue weighted by atomic mass is 9.83. The fraction of sp³-hybridized carbons (Fsp3) is 0.455. The zero-order valence-electron chi connectivity index (χ0n) is 8.56. The van der Waals surface area contributed by atoms with Crippen molar-refractivity contribution in [1.82, 2.24) is 14.6 Å². The van der Waals surface area contributed by atoms with Crippen LogP contribution in [0.4, 0.5) is 0 Å². The lowest BCUT2D eigenvalue weighted by molar-refractivity contribution is 0.407. The van der Waals surface area contributed by atoms with Gasteiger partial charge in [-0.2, -0.15) is 5.10 Å². The number of hydrogen-bond donors (Lipinski definition) is 1. The highest BCUT2D eigenvalue weighted by Crippen LogP contribution is 2.34. The highest BCUT2D eigenvalue weighted by Gasteiger charge is 2.21. The Morgan fingerprint density at radius 3 is 2.93 bits per heavy atom. The Hall–Kier alpha value is -1.42. The van der Waals surface area contributed by atoms with Crippen molar-refractivity contribution in [2.24, 2.45) is 5.73 Å². The van der Waals surface area contributed by atoms with Crippen molar-refractivity contribution in [3.8, 4) is 0 Å². The van der Waals surface area contributed by atoms with E-state index in [1.54, 1.807) is 0 Å². The van der Waals surface area contributed by atoms with Crippen molar-refractivity contribution < 1.29 is 0 Å². The molecular formula is C11H14N4. The molecule has 0 atom stereocenters. The van der Waals surface area contributed by atoms with Crippen LogP contribution in [0.2, 0.25) is 0 Å². The van der Waals surface area contributed by atoms with Gasteiger partial charge >= 0.3 is 0 Å². The van der Waals surface area contributed by atoms with Gasteiger partial charge in [-0.05, 0) is 25.0 Å². The summed E-state index contributed by atoms with van der Waals surface area (Å²) in [6, 6.07) is 4.12. The predicted octanol–water partition coefficient (Wildman–Crippen LogP) is 1.46. The number of rotatable bonds is 2. The molecular weight excluding hydrogens is 188 g/mol. The maximum Gasteiger partial charge on any atom is 0.153 e. The van der Waals surface area contributed by atoms with Crippen LogP contribution in [0.25, 0.3) is 5.65 Å². The van der Waals surface area contributed by atoms with E-state index in [2.05, 4.69) is 16.1 Å². The molecule has 0 spiro atoms. The standard InChI is InChI=1S/C11H14N4/c12-6-9-7-15-11(13-9)5-4-10(14-15)8-2-1-3-8/h4-5,7-8H,1-3,6,12H2. The molecule has 2 heterocycles. The molecule has 4 heteroatoms. The first-order valence-electron chi connectivity index (χ1n) is 5.42. The molecule has 0 aliphatic heterocycles. The van der Waals surface area contributed by atoms with E-state index >= 15 is 0 Å². The summed E-state index contributed by atoms with van der Waals surface area (Å²) in [6.45, 7) is 0.474. The summed E-state index contributed by atoms with van der Waals surface area (Å²) in [5.41, 5.74) is 8.52. The van der Waals surface area contributed by atoms with Crippen LogP contribution in [-0.4, -0.2) is 14.6 Å². The minimum Gasteiger partial charge on any atom is -0.325 e. The lowest BCUT2D eigenvalue weighted by Gasteiger charge is -2.24. The average Bonchev–Trinajstić information content (AvgIpc) is 2.57. The first-order valence-corrected chi connectivity index (χ1v) is 5.42. The second-order valence-electron chi connectivity index (χ2n) is 4.13. The molecule has 0 radical (unpaired) electrons. The van der Waals surface area contributed by atoms with Gasteiger partial charge in [0.25, 0.3) is 0 Å². The summed E-state index contributed by atoms with van der Waals surface area (Å²) in [6.07, 6.45) is 5.80. The minimum atomic E-state index is 0.474. The van der Waals surface area contributed by atoms with Crippen LogP contribution in [0, 0.1) is 0 Å². The Morgan fingerprint density at radius 1 is 1.40 bits per heavy atom. The van der Waals surface area contributed by atoms with Crippen LogP contribution in [-0.2, 0) is 6.54 Å². The van der Waals surface area contributed by atoms with Crippen molar-refractivity contribution in [2.75, 3.05) is 0 Å². The monoisotopic (exact) mass is 202 g/mol. The summed E-state index contributed by atoms with van der Waals surface area (Å²) in [5, 5.41) is 4.56. The quantitative estimate of drug-likeness (QED) is 0.802. The highest BCUT2D eigenvalue weighted by atomic mass is 15.3. The van der Waals surface area contributed by atoms with Crippen LogP contribution in [0.15, 0.2) is 18.3 Å². The molecule has 2 aromatic rings. The third kappa shape index (κ3) is 1.41. The van der Waals surface area contributed by atoms with Crippen molar-refractivity contribution >= 4 is 5.65 Å². The Morgan fingerprint density at radius 2 is 2.27 bits per heavy atom. The van der Waals surface area contributed by atoms with Crippen molar-refractivity contribution in [2.45, 2.75) is 31.7 Å². The zero-order valence-corrected chi connectivity index (χ0v) is 8.56. The summed E-state index contributed by atoms with van der Waals surface area (Å²) >= 11 is 0. The SMILES string of the molecule is NCc1cn2nc(C3CCC3)ccc2n1. The maximum atomic E-state index is 5.55. The van der Waals surface area contributed by atoms with Gasteiger partial charge in [0.2, 0.25) is 0 Å². The van der Waals surface area contributed by atoms with E-state index in [9.17, 15) is 0 Å². The zero-order chi connectivity index (χ0) is 10.3. The number of hydrogen-bond acceptors (Lipinski definition) is 3. The van der Waals surface area contributed by atoms with Gasteiger partial charge in [0.1, 0.15) is 0 Å². The van der Waals surface area contributed by atoms with Crippen LogP contribution < -0.4 is 5.73 Å². The fourth-order valence-corrected chi connectivity index (χ4v) is 1.97. The summed E-state index contributed by atoms with van der Waals surface area (Å²) in [4.78, 5) is 4.35. The van der Waals surface area contributed by atoms with E-state index < -0.39 is 0 Å². The van der Waals surface area contributed by atoms with Gasteiger partial charge in [0, 0.05) is 12.5 Å². The van der Waals surface area contributed by atoms with Gasteiger partial charge in [-0.15, -0.1) is 0 Å². The molecule has 1 fully saturated rings. The summed E-state index contributed by atoms with van der Waals surface area (Å²) in [7, 11) is 0. The molecule has 0 unspecified atom stereocenters. The average molecular weight is 202 g/mol. The molecule has 0 amide bonds. The molecule has 2 N–H and O–H groups in total. The van der Waals surface area contributed by atoms with Crippen molar-refractivity contribution in [3.63, 3.8) is 0 Å². The molecule has 1 aliphatic rings. The van der Waals surface area contributed by atoms with Gasteiger partial charge in [-0.3, -0.25) is 0 Å². The molecule has 15 heavy (non-hydrogen) atoms. The maximum absolute atomic E-state index is 5.55. The second-order valence-corrected chi connectivity index (χ2v) is 4.13. The molecule has 1 saturated carbocycles. The molecule has 4 nitrogen and oxygen atoms in total. The van der Waals surface area contributed by atoms with Gasteiger partial charge in [0.05, 0.1) is 17.6 Å². The molecule has 0 saturated heterocycles. The van der Waals surface area contributed by atoms with E-state index in [-0.39, 0.29) is 0 Å². The molecule has 1 aliphatic carbocycles. The molecule has 2 aromatic heterocycles. The molecule has 78 valence electrons.